The molecule has 0 spiro atoms. The van der Waals surface area contributed by atoms with E-state index in [2.05, 4.69) is 4.90 Å². The van der Waals surface area contributed by atoms with Gasteiger partial charge in [-0.25, -0.2) is 0 Å². The molecular formula is C15H21N3O2. The molecule has 0 atom stereocenters. The van der Waals surface area contributed by atoms with Gasteiger partial charge in [-0.3, -0.25) is 4.90 Å². The average Bonchev–Trinajstić information content (AvgIpc) is 2.83. The predicted molar refractivity (Wildman–Crippen MR) is 80.6 cm³/mol. The van der Waals surface area contributed by atoms with Gasteiger partial charge < -0.3 is 20.6 Å². The van der Waals surface area contributed by atoms with Gasteiger partial charge in [0.1, 0.15) is 5.76 Å². The maximum absolute atomic E-state index is 5.92. The summed E-state index contributed by atoms with van der Waals surface area (Å²) >= 11 is 0. The second-order valence-corrected chi connectivity index (χ2v) is 5.30. The summed E-state index contributed by atoms with van der Waals surface area (Å²) in [6, 6.07) is 5.69. The van der Waals surface area contributed by atoms with Crippen molar-refractivity contribution in [3.8, 4) is 0 Å². The van der Waals surface area contributed by atoms with Crippen LogP contribution in [0.25, 0.3) is 11.0 Å². The van der Waals surface area contributed by atoms with Crippen LogP contribution in [0, 0.1) is 0 Å². The summed E-state index contributed by atoms with van der Waals surface area (Å²) in [6.07, 6.45) is 2.00. The van der Waals surface area contributed by atoms with E-state index < -0.39 is 0 Å². The first kappa shape index (κ1) is 13.3. The lowest BCUT2D eigenvalue weighted by Gasteiger charge is -2.26. The van der Waals surface area contributed by atoms with Crippen LogP contribution in [0.2, 0.25) is 0 Å². The number of rotatable bonds is 4. The van der Waals surface area contributed by atoms with Crippen LogP contribution in [-0.2, 0) is 11.2 Å². The summed E-state index contributed by atoms with van der Waals surface area (Å²) in [5, 5.41) is 0.990. The Morgan fingerprint density at radius 3 is 2.70 bits per heavy atom. The van der Waals surface area contributed by atoms with Crippen molar-refractivity contribution in [2.75, 3.05) is 44.3 Å². The number of hydrogen-bond donors (Lipinski definition) is 2. The van der Waals surface area contributed by atoms with E-state index in [-0.39, 0.29) is 0 Å². The summed E-state index contributed by atoms with van der Waals surface area (Å²) in [5.74, 6) is 0.977. The standard InChI is InChI=1S/C15H21N3O2/c16-12-8-11-9-13(20-15(11)14(17)10-12)2-1-3-18-4-6-19-7-5-18/h8-10H,1-7,16-17H2. The highest BCUT2D eigenvalue weighted by Gasteiger charge is 2.11. The molecule has 20 heavy (non-hydrogen) atoms. The molecule has 1 aromatic heterocycles. The van der Waals surface area contributed by atoms with Crippen molar-refractivity contribution >= 4 is 22.3 Å². The number of ether oxygens (including phenoxy) is 1. The molecule has 2 heterocycles. The monoisotopic (exact) mass is 275 g/mol. The molecule has 1 aromatic carbocycles. The Bertz CT molecular complexity index is 588. The van der Waals surface area contributed by atoms with Crippen LogP contribution in [0.5, 0.6) is 0 Å². The van der Waals surface area contributed by atoms with Crippen LogP contribution in [0.4, 0.5) is 11.4 Å². The van der Waals surface area contributed by atoms with E-state index in [1.807, 2.05) is 12.1 Å². The molecule has 1 fully saturated rings. The number of morpholine rings is 1. The van der Waals surface area contributed by atoms with Crippen molar-refractivity contribution in [1.29, 1.82) is 0 Å². The minimum absolute atomic E-state index is 0.611. The lowest BCUT2D eigenvalue weighted by atomic mass is 10.2. The Morgan fingerprint density at radius 1 is 1.10 bits per heavy atom. The zero-order valence-electron chi connectivity index (χ0n) is 11.6. The highest BCUT2D eigenvalue weighted by Crippen LogP contribution is 2.28. The van der Waals surface area contributed by atoms with Crippen LogP contribution in [0.15, 0.2) is 22.6 Å². The third-order valence-corrected chi connectivity index (χ3v) is 3.72. The molecule has 0 aliphatic carbocycles. The van der Waals surface area contributed by atoms with E-state index in [0.717, 1.165) is 62.4 Å². The first-order chi connectivity index (χ1) is 9.72. The number of fused-ring (bicyclic) bond motifs is 1. The van der Waals surface area contributed by atoms with Gasteiger partial charge in [0.2, 0.25) is 0 Å². The van der Waals surface area contributed by atoms with E-state index >= 15 is 0 Å². The summed E-state index contributed by atoms with van der Waals surface area (Å²) < 4.78 is 11.2. The molecule has 0 amide bonds. The zero-order valence-corrected chi connectivity index (χ0v) is 11.6. The van der Waals surface area contributed by atoms with Crippen molar-refractivity contribution in [3.63, 3.8) is 0 Å². The van der Waals surface area contributed by atoms with E-state index in [1.54, 1.807) is 6.07 Å². The Kier molecular flexibility index (Phi) is 3.80. The number of furan rings is 1. The Labute approximate surface area is 118 Å². The summed E-state index contributed by atoms with van der Waals surface area (Å²) in [6.45, 7) is 4.84. The maximum Gasteiger partial charge on any atom is 0.157 e. The van der Waals surface area contributed by atoms with Gasteiger partial charge in [0.15, 0.2) is 5.58 Å². The second kappa shape index (κ2) is 5.73. The van der Waals surface area contributed by atoms with E-state index in [9.17, 15) is 0 Å². The number of hydrogen-bond acceptors (Lipinski definition) is 5. The minimum Gasteiger partial charge on any atom is -0.459 e. The quantitative estimate of drug-likeness (QED) is 0.833. The lowest BCUT2D eigenvalue weighted by molar-refractivity contribution is 0.0373. The molecule has 2 aromatic rings. The molecule has 3 rings (SSSR count). The largest absolute Gasteiger partial charge is 0.459 e. The third-order valence-electron chi connectivity index (χ3n) is 3.72. The normalized spacial score (nSPS) is 16.8. The summed E-state index contributed by atoms with van der Waals surface area (Å²) in [7, 11) is 0. The van der Waals surface area contributed by atoms with Gasteiger partial charge >= 0.3 is 0 Å². The molecule has 1 aliphatic rings. The number of benzene rings is 1. The van der Waals surface area contributed by atoms with Crippen LogP contribution < -0.4 is 11.5 Å². The molecule has 0 saturated carbocycles. The zero-order chi connectivity index (χ0) is 13.9. The third kappa shape index (κ3) is 2.89. The van der Waals surface area contributed by atoms with Crippen molar-refractivity contribution in [2.45, 2.75) is 12.8 Å². The lowest BCUT2D eigenvalue weighted by Crippen LogP contribution is -2.36. The maximum atomic E-state index is 5.92. The number of aryl methyl sites for hydroxylation is 1. The van der Waals surface area contributed by atoms with Crippen molar-refractivity contribution in [1.82, 2.24) is 4.90 Å². The van der Waals surface area contributed by atoms with Gasteiger partial charge in [-0.2, -0.15) is 0 Å². The smallest absolute Gasteiger partial charge is 0.157 e. The predicted octanol–water partition coefficient (Wildman–Crippen LogP) is 1.86. The molecule has 0 bridgehead atoms. The number of nitrogen functional groups attached to an aromatic ring is 2. The Hall–Kier alpha value is -1.72. The number of nitrogens with two attached hydrogens (primary N) is 2. The molecule has 0 unspecified atom stereocenters. The fourth-order valence-electron chi connectivity index (χ4n) is 2.68. The van der Waals surface area contributed by atoms with Gasteiger partial charge in [0.05, 0.1) is 18.9 Å². The van der Waals surface area contributed by atoms with Crippen LogP contribution >= 0.6 is 0 Å². The van der Waals surface area contributed by atoms with Crippen LogP contribution in [0.1, 0.15) is 12.2 Å². The number of nitrogens with zero attached hydrogens (tertiary/aromatic N) is 1. The molecule has 5 nitrogen and oxygen atoms in total. The van der Waals surface area contributed by atoms with Gasteiger partial charge in [-0.15, -0.1) is 0 Å². The van der Waals surface area contributed by atoms with Crippen molar-refractivity contribution < 1.29 is 9.15 Å². The Balaban J connectivity index is 1.61. The fourth-order valence-corrected chi connectivity index (χ4v) is 2.68. The summed E-state index contributed by atoms with van der Waals surface area (Å²) in [4.78, 5) is 2.43. The molecule has 1 aliphatic heterocycles. The topological polar surface area (TPSA) is 77.7 Å². The van der Waals surface area contributed by atoms with Gasteiger partial charge in [0.25, 0.3) is 0 Å². The molecular weight excluding hydrogens is 254 g/mol. The summed E-state index contributed by atoms with van der Waals surface area (Å²) in [5.41, 5.74) is 13.7. The van der Waals surface area contributed by atoms with E-state index in [0.29, 0.717) is 11.4 Å². The van der Waals surface area contributed by atoms with Crippen molar-refractivity contribution in [2.24, 2.45) is 0 Å². The average molecular weight is 275 g/mol. The SMILES string of the molecule is Nc1cc(N)c2oc(CCCN3CCOCC3)cc2c1. The molecule has 108 valence electrons. The number of anilines is 2. The van der Waals surface area contributed by atoms with Crippen LogP contribution in [0.3, 0.4) is 0 Å². The molecule has 0 radical (unpaired) electrons. The first-order valence-corrected chi connectivity index (χ1v) is 7.10. The molecule has 1 saturated heterocycles. The first-order valence-electron chi connectivity index (χ1n) is 7.10. The molecule has 5 heteroatoms. The highest BCUT2D eigenvalue weighted by molar-refractivity contribution is 5.91. The van der Waals surface area contributed by atoms with Gasteiger partial charge in [0, 0.05) is 30.6 Å². The van der Waals surface area contributed by atoms with Crippen molar-refractivity contribution in [3.05, 3.63) is 24.0 Å². The second-order valence-electron chi connectivity index (χ2n) is 5.30. The fraction of sp³-hybridized carbons (Fsp3) is 0.467. The molecule has 4 N–H and O–H groups in total. The highest BCUT2D eigenvalue weighted by atomic mass is 16.5. The Morgan fingerprint density at radius 2 is 1.90 bits per heavy atom. The van der Waals surface area contributed by atoms with Crippen LogP contribution in [-0.4, -0.2) is 37.7 Å². The van der Waals surface area contributed by atoms with Gasteiger partial charge in [-0.05, 0) is 31.2 Å². The van der Waals surface area contributed by atoms with Gasteiger partial charge in [-0.1, -0.05) is 0 Å². The minimum atomic E-state index is 0.611. The van der Waals surface area contributed by atoms with E-state index in [4.69, 9.17) is 20.6 Å². The van der Waals surface area contributed by atoms with E-state index in [1.165, 1.54) is 0 Å².